The van der Waals surface area contributed by atoms with Gasteiger partial charge in [-0.1, -0.05) is 11.6 Å². The van der Waals surface area contributed by atoms with Crippen molar-refractivity contribution in [2.75, 3.05) is 26.8 Å². The summed E-state index contributed by atoms with van der Waals surface area (Å²) in [6.45, 7) is 6.15. The number of aliphatic hydroxyl groups excluding tert-OH is 2. The van der Waals surface area contributed by atoms with Crippen molar-refractivity contribution in [3.8, 4) is 0 Å². The molecule has 0 saturated carbocycles. The fourth-order valence-electron chi connectivity index (χ4n) is 1.94. The molecule has 0 saturated heterocycles. The Morgan fingerprint density at radius 2 is 1.94 bits per heavy atom. The molecule has 0 aliphatic heterocycles. The molecule has 17 heavy (non-hydrogen) atoms. The highest BCUT2D eigenvalue weighted by Crippen LogP contribution is 2.21. The molecule has 4 nitrogen and oxygen atoms in total. The van der Waals surface area contributed by atoms with E-state index in [1.54, 1.807) is 18.9 Å². The standard InChI is InChI=1S/C13H27NO3/c1-11(2)6-5-7-13(3,17)12(10-16)14(4)8-9-15/h6,12,15-17H,5,7-10H2,1-4H3. The summed E-state index contributed by atoms with van der Waals surface area (Å²) in [6.07, 6.45) is 3.47. The summed E-state index contributed by atoms with van der Waals surface area (Å²) in [6, 6.07) is -0.347. The van der Waals surface area contributed by atoms with Gasteiger partial charge in [-0.05, 0) is 40.7 Å². The third-order valence-corrected chi connectivity index (χ3v) is 3.08. The first-order valence-corrected chi connectivity index (χ1v) is 6.13. The predicted octanol–water partition coefficient (Wildman–Crippen LogP) is 0.769. The van der Waals surface area contributed by atoms with Crippen molar-refractivity contribution in [1.82, 2.24) is 4.90 Å². The minimum atomic E-state index is -0.954. The first kappa shape index (κ1) is 16.6. The highest BCUT2D eigenvalue weighted by atomic mass is 16.3. The van der Waals surface area contributed by atoms with Gasteiger partial charge in [0.15, 0.2) is 0 Å². The van der Waals surface area contributed by atoms with Crippen LogP contribution >= 0.6 is 0 Å². The minimum absolute atomic E-state index is 0.0249. The van der Waals surface area contributed by atoms with E-state index in [0.717, 1.165) is 6.42 Å². The summed E-state index contributed by atoms with van der Waals surface area (Å²) >= 11 is 0. The van der Waals surface area contributed by atoms with Gasteiger partial charge in [-0.2, -0.15) is 0 Å². The topological polar surface area (TPSA) is 63.9 Å². The van der Waals surface area contributed by atoms with Crippen molar-refractivity contribution in [3.05, 3.63) is 11.6 Å². The number of rotatable bonds is 8. The van der Waals surface area contributed by atoms with Gasteiger partial charge < -0.3 is 15.3 Å². The SMILES string of the molecule is CC(C)=CCCC(C)(O)C(CO)N(C)CCO. The number of likely N-dealkylation sites (N-methyl/N-ethyl adjacent to an activating group) is 1. The number of allylic oxidation sites excluding steroid dienone is 2. The zero-order valence-corrected chi connectivity index (χ0v) is 11.5. The summed E-state index contributed by atoms with van der Waals surface area (Å²) in [4.78, 5) is 1.79. The number of hydrogen-bond acceptors (Lipinski definition) is 4. The minimum Gasteiger partial charge on any atom is -0.395 e. The second kappa shape index (κ2) is 7.82. The molecule has 0 spiro atoms. The van der Waals surface area contributed by atoms with Crippen LogP contribution in [0.2, 0.25) is 0 Å². The molecule has 0 aromatic carbocycles. The zero-order valence-electron chi connectivity index (χ0n) is 11.5. The largest absolute Gasteiger partial charge is 0.395 e. The average Bonchev–Trinajstić information content (AvgIpc) is 2.17. The molecule has 3 N–H and O–H groups in total. The van der Waals surface area contributed by atoms with E-state index >= 15 is 0 Å². The molecule has 2 atom stereocenters. The molecule has 2 unspecified atom stereocenters. The smallest absolute Gasteiger partial charge is 0.0799 e. The lowest BCUT2D eigenvalue weighted by Crippen LogP contribution is -2.52. The number of nitrogens with zero attached hydrogens (tertiary/aromatic N) is 1. The molecule has 0 aliphatic carbocycles. The molecule has 0 fully saturated rings. The van der Waals surface area contributed by atoms with Crippen LogP contribution < -0.4 is 0 Å². The van der Waals surface area contributed by atoms with Crippen molar-refractivity contribution in [2.45, 2.75) is 45.3 Å². The van der Waals surface area contributed by atoms with E-state index in [9.17, 15) is 10.2 Å². The first-order valence-electron chi connectivity index (χ1n) is 6.13. The van der Waals surface area contributed by atoms with Crippen LogP contribution in [0.25, 0.3) is 0 Å². The molecule has 0 rings (SSSR count). The van der Waals surface area contributed by atoms with E-state index in [1.165, 1.54) is 5.57 Å². The predicted molar refractivity (Wildman–Crippen MR) is 69.9 cm³/mol. The molecule has 4 heteroatoms. The Hall–Kier alpha value is -0.420. The maximum atomic E-state index is 10.4. The Bertz CT molecular complexity index is 235. The van der Waals surface area contributed by atoms with E-state index in [4.69, 9.17) is 5.11 Å². The Balaban J connectivity index is 4.46. The molecule has 0 aromatic heterocycles. The molecular formula is C13H27NO3. The summed E-state index contributed by atoms with van der Waals surface area (Å²) < 4.78 is 0. The fraction of sp³-hybridized carbons (Fsp3) is 0.846. The Labute approximate surface area is 105 Å². The highest BCUT2D eigenvalue weighted by molar-refractivity contribution is 4.96. The number of hydrogen-bond donors (Lipinski definition) is 3. The monoisotopic (exact) mass is 245 g/mol. The van der Waals surface area contributed by atoms with Crippen LogP contribution in [0.5, 0.6) is 0 Å². The van der Waals surface area contributed by atoms with Gasteiger partial charge in [0.25, 0.3) is 0 Å². The summed E-state index contributed by atoms with van der Waals surface area (Å²) in [5.41, 5.74) is 0.273. The van der Waals surface area contributed by atoms with Crippen LogP contribution in [0, 0.1) is 0 Å². The maximum absolute atomic E-state index is 10.4. The van der Waals surface area contributed by atoms with Gasteiger partial charge in [-0.25, -0.2) is 0 Å². The van der Waals surface area contributed by atoms with Gasteiger partial charge in [0.2, 0.25) is 0 Å². The van der Waals surface area contributed by atoms with E-state index in [1.807, 2.05) is 13.8 Å². The van der Waals surface area contributed by atoms with Gasteiger partial charge in [-0.3, -0.25) is 4.90 Å². The van der Waals surface area contributed by atoms with Crippen molar-refractivity contribution >= 4 is 0 Å². The van der Waals surface area contributed by atoms with E-state index in [-0.39, 0.29) is 19.3 Å². The average molecular weight is 245 g/mol. The second-order valence-corrected chi connectivity index (χ2v) is 5.08. The Morgan fingerprint density at radius 3 is 2.35 bits per heavy atom. The van der Waals surface area contributed by atoms with Gasteiger partial charge in [0, 0.05) is 6.54 Å². The van der Waals surface area contributed by atoms with E-state index in [2.05, 4.69) is 6.08 Å². The summed E-state index contributed by atoms with van der Waals surface area (Å²) in [7, 11) is 1.80. The third-order valence-electron chi connectivity index (χ3n) is 3.08. The fourth-order valence-corrected chi connectivity index (χ4v) is 1.94. The van der Waals surface area contributed by atoms with E-state index in [0.29, 0.717) is 13.0 Å². The highest BCUT2D eigenvalue weighted by Gasteiger charge is 2.33. The van der Waals surface area contributed by atoms with Crippen LogP contribution in [0.3, 0.4) is 0 Å². The number of aliphatic hydroxyl groups is 3. The normalized spacial score (nSPS) is 16.7. The first-order chi connectivity index (χ1) is 7.85. The van der Waals surface area contributed by atoms with Gasteiger partial charge >= 0.3 is 0 Å². The lowest BCUT2D eigenvalue weighted by molar-refractivity contribution is -0.0546. The summed E-state index contributed by atoms with van der Waals surface area (Å²) in [5.74, 6) is 0. The quantitative estimate of drug-likeness (QED) is 0.553. The van der Waals surface area contributed by atoms with Crippen molar-refractivity contribution in [1.29, 1.82) is 0 Å². The van der Waals surface area contributed by atoms with Crippen molar-refractivity contribution in [2.24, 2.45) is 0 Å². The lowest BCUT2D eigenvalue weighted by Gasteiger charge is -2.37. The molecule has 0 radical (unpaired) electrons. The van der Waals surface area contributed by atoms with Crippen LogP contribution in [-0.2, 0) is 0 Å². The lowest BCUT2D eigenvalue weighted by atomic mass is 9.90. The van der Waals surface area contributed by atoms with Crippen LogP contribution in [0.1, 0.15) is 33.6 Å². The zero-order chi connectivity index (χ0) is 13.5. The van der Waals surface area contributed by atoms with Crippen LogP contribution in [0.15, 0.2) is 11.6 Å². The molecular weight excluding hydrogens is 218 g/mol. The molecule has 102 valence electrons. The maximum Gasteiger partial charge on any atom is 0.0799 e. The Kier molecular flexibility index (Phi) is 7.63. The molecule has 0 aromatic rings. The van der Waals surface area contributed by atoms with E-state index < -0.39 is 5.60 Å². The molecule has 0 bridgehead atoms. The van der Waals surface area contributed by atoms with Crippen LogP contribution in [-0.4, -0.2) is 58.7 Å². The summed E-state index contributed by atoms with van der Waals surface area (Å²) in [5, 5.41) is 28.6. The second-order valence-electron chi connectivity index (χ2n) is 5.08. The van der Waals surface area contributed by atoms with Crippen molar-refractivity contribution in [3.63, 3.8) is 0 Å². The van der Waals surface area contributed by atoms with Gasteiger partial charge in [0.1, 0.15) is 0 Å². The van der Waals surface area contributed by atoms with Crippen LogP contribution in [0.4, 0.5) is 0 Å². The van der Waals surface area contributed by atoms with Crippen molar-refractivity contribution < 1.29 is 15.3 Å². The molecule has 0 amide bonds. The van der Waals surface area contributed by atoms with Gasteiger partial charge in [0.05, 0.1) is 24.9 Å². The third kappa shape index (κ3) is 6.17. The molecule has 0 heterocycles. The molecule has 0 aliphatic rings. The van der Waals surface area contributed by atoms with Gasteiger partial charge in [-0.15, -0.1) is 0 Å². The Morgan fingerprint density at radius 1 is 1.35 bits per heavy atom.